The van der Waals surface area contributed by atoms with Gasteiger partial charge in [-0.3, -0.25) is 0 Å². The van der Waals surface area contributed by atoms with Crippen molar-refractivity contribution >= 4 is 11.9 Å². The van der Waals surface area contributed by atoms with E-state index in [1.807, 2.05) is 0 Å². The fourth-order valence-electron chi connectivity index (χ4n) is 2.09. The van der Waals surface area contributed by atoms with Crippen molar-refractivity contribution in [1.29, 1.82) is 0 Å². The van der Waals surface area contributed by atoms with E-state index in [9.17, 15) is 14.7 Å². The second-order valence-corrected chi connectivity index (χ2v) is 4.43. The molecule has 0 unspecified atom stereocenters. The lowest BCUT2D eigenvalue weighted by Gasteiger charge is -2.13. The number of benzene rings is 1. The highest BCUT2D eigenvalue weighted by molar-refractivity contribution is 5.95. The van der Waals surface area contributed by atoms with Gasteiger partial charge in [0.05, 0.1) is 11.1 Å². The van der Waals surface area contributed by atoms with Crippen molar-refractivity contribution < 1.29 is 30.0 Å². The summed E-state index contributed by atoms with van der Waals surface area (Å²) in [6.07, 6.45) is 1.59. The zero-order valence-corrected chi connectivity index (χ0v) is 11.0. The van der Waals surface area contributed by atoms with Gasteiger partial charge in [0.15, 0.2) is 0 Å². The maximum Gasteiger partial charge on any atom is 0.335 e. The quantitative estimate of drug-likeness (QED) is 0.564. The van der Waals surface area contributed by atoms with Crippen molar-refractivity contribution in [3.63, 3.8) is 0 Å². The molecule has 0 saturated heterocycles. The van der Waals surface area contributed by atoms with Gasteiger partial charge in [-0.25, -0.2) is 9.59 Å². The summed E-state index contributed by atoms with van der Waals surface area (Å²) < 4.78 is 0. The van der Waals surface area contributed by atoms with E-state index in [0.29, 0.717) is 36.8 Å². The fraction of sp³-hybridized carbons (Fsp3) is 0.429. The summed E-state index contributed by atoms with van der Waals surface area (Å²) in [6.45, 7) is -0.127. The third-order valence-electron chi connectivity index (χ3n) is 3.01. The van der Waals surface area contributed by atoms with Crippen molar-refractivity contribution in [1.82, 2.24) is 0 Å². The van der Waals surface area contributed by atoms with Crippen LogP contribution in [0.5, 0.6) is 0 Å². The molecular formula is C14H18O6. The molecule has 1 aromatic carbocycles. The molecule has 0 amide bonds. The molecule has 0 aliphatic carbocycles. The first kappa shape index (κ1) is 16.1. The summed E-state index contributed by atoms with van der Waals surface area (Å²) >= 11 is 0. The summed E-state index contributed by atoms with van der Waals surface area (Å²) in [5, 5.41) is 36.0. The Hall–Kier alpha value is -1.92. The Morgan fingerprint density at radius 3 is 2.00 bits per heavy atom. The van der Waals surface area contributed by atoms with Gasteiger partial charge >= 0.3 is 11.9 Å². The predicted octanol–water partition coefficient (Wildman–Crippen LogP) is 0.933. The summed E-state index contributed by atoms with van der Waals surface area (Å²) in [6, 6.07) is 2.58. The summed E-state index contributed by atoms with van der Waals surface area (Å²) in [4.78, 5) is 22.3. The Bertz CT molecular complexity index is 495. The summed E-state index contributed by atoms with van der Waals surface area (Å²) in [5.41, 5.74) is 1.00. The molecule has 0 atom stereocenters. The SMILES string of the molecule is O=C(O)c1cc(CCCO)c(CCCO)c(C(=O)O)c1. The normalized spacial score (nSPS) is 10.5. The van der Waals surface area contributed by atoms with E-state index >= 15 is 0 Å². The minimum atomic E-state index is -1.19. The molecule has 110 valence electrons. The third kappa shape index (κ3) is 4.04. The van der Waals surface area contributed by atoms with Crippen LogP contribution in [0.25, 0.3) is 0 Å². The van der Waals surface area contributed by atoms with Gasteiger partial charge in [0.1, 0.15) is 0 Å². The van der Waals surface area contributed by atoms with Crippen molar-refractivity contribution in [2.75, 3.05) is 13.2 Å². The molecular weight excluding hydrogens is 264 g/mol. The number of hydrogen-bond acceptors (Lipinski definition) is 4. The number of carboxylic acid groups (broad SMARTS) is 2. The van der Waals surface area contributed by atoms with Crippen molar-refractivity contribution in [3.05, 3.63) is 34.4 Å². The van der Waals surface area contributed by atoms with Gasteiger partial charge in [-0.1, -0.05) is 0 Å². The van der Waals surface area contributed by atoms with Crippen LogP contribution in [0.1, 0.15) is 44.7 Å². The zero-order valence-electron chi connectivity index (χ0n) is 11.0. The molecule has 0 spiro atoms. The molecule has 20 heavy (non-hydrogen) atoms. The van der Waals surface area contributed by atoms with Crippen LogP contribution in [0.3, 0.4) is 0 Å². The first-order chi connectivity index (χ1) is 9.51. The maximum absolute atomic E-state index is 11.3. The lowest BCUT2D eigenvalue weighted by atomic mass is 9.92. The number of carbonyl (C=O) groups is 2. The lowest BCUT2D eigenvalue weighted by Crippen LogP contribution is -2.11. The first-order valence-electron chi connectivity index (χ1n) is 6.35. The Labute approximate surface area is 116 Å². The lowest BCUT2D eigenvalue weighted by molar-refractivity contribution is 0.0695. The highest BCUT2D eigenvalue weighted by Crippen LogP contribution is 2.22. The average molecular weight is 282 g/mol. The second-order valence-electron chi connectivity index (χ2n) is 4.43. The van der Waals surface area contributed by atoms with E-state index in [0.717, 1.165) is 6.07 Å². The van der Waals surface area contributed by atoms with Crippen molar-refractivity contribution in [3.8, 4) is 0 Å². The molecule has 0 aliphatic rings. The van der Waals surface area contributed by atoms with Crippen molar-refractivity contribution in [2.45, 2.75) is 25.7 Å². The first-order valence-corrected chi connectivity index (χ1v) is 6.35. The van der Waals surface area contributed by atoms with Gasteiger partial charge in [-0.2, -0.15) is 0 Å². The minimum absolute atomic E-state index is 0.0497. The van der Waals surface area contributed by atoms with Crippen LogP contribution in [0, 0.1) is 0 Å². The van der Waals surface area contributed by atoms with Gasteiger partial charge in [0.2, 0.25) is 0 Å². The van der Waals surface area contributed by atoms with Gasteiger partial charge < -0.3 is 20.4 Å². The molecule has 1 rings (SSSR count). The highest BCUT2D eigenvalue weighted by Gasteiger charge is 2.18. The van der Waals surface area contributed by atoms with Gasteiger partial charge in [-0.05, 0) is 48.9 Å². The van der Waals surface area contributed by atoms with Crippen LogP contribution in [0.4, 0.5) is 0 Å². The molecule has 6 nitrogen and oxygen atoms in total. The number of hydrogen-bond donors (Lipinski definition) is 4. The molecule has 0 aromatic heterocycles. The topological polar surface area (TPSA) is 115 Å². The van der Waals surface area contributed by atoms with Crippen LogP contribution in [-0.2, 0) is 12.8 Å². The van der Waals surface area contributed by atoms with E-state index in [1.165, 1.54) is 6.07 Å². The highest BCUT2D eigenvalue weighted by atomic mass is 16.4. The molecule has 0 saturated carbocycles. The van der Waals surface area contributed by atoms with Crippen molar-refractivity contribution in [2.24, 2.45) is 0 Å². The Balaban J connectivity index is 3.32. The largest absolute Gasteiger partial charge is 0.478 e. The smallest absolute Gasteiger partial charge is 0.335 e. The Morgan fingerprint density at radius 2 is 1.50 bits per heavy atom. The third-order valence-corrected chi connectivity index (χ3v) is 3.01. The number of rotatable bonds is 8. The van der Waals surface area contributed by atoms with Gasteiger partial charge in [0, 0.05) is 13.2 Å². The van der Waals surface area contributed by atoms with Crippen LogP contribution in [-0.4, -0.2) is 45.6 Å². The standard InChI is InChI=1S/C14H18O6/c15-5-1-3-9-7-10(13(17)18)8-12(14(19)20)11(9)4-2-6-16/h7-8,15-16H,1-6H2,(H,17,18)(H,19,20). The molecule has 0 radical (unpaired) electrons. The van der Waals surface area contributed by atoms with Crippen LogP contribution in [0.15, 0.2) is 12.1 Å². The molecule has 1 aromatic rings. The van der Waals surface area contributed by atoms with E-state index < -0.39 is 11.9 Å². The van der Waals surface area contributed by atoms with E-state index in [-0.39, 0.29) is 24.3 Å². The number of aryl methyl sites for hydroxylation is 1. The van der Waals surface area contributed by atoms with Crippen LogP contribution < -0.4 is 0 Å². The summed E-state index contributed by atoms with van der Waals surface area (Å²) in [5.74, 6) is -2.38. The number of aromatic carboxylic acids is 2. The number of aliphatic hydroxyl groups is 2. The molecule has 0 heterocycles. The van der Waals surface area contributed by atoms with Crippen LogP contribution >= 0.6 is 0 Å². The Kier molecular flexibility index (Phi) is 6.14. The molecule has 0 fully saturated rings. The fourth-order valence-corrected chi connectivity index (χ4v) is 2.09. The molecule has 0 aliphatic heterocycles. The molecule has 0 bridgehead atoms. The Morgan fingerprint density at radius 1 is 0.900 bits per heavy atom. The molecule has 6 heteroatoms. The molecule has 4 N–H and O–H groups in total. The average Bonchev–Trinajstić information content (AvgIpc) is 2.42. The van der Waals surface area contributed by atoms with Gasteiger partial charge in [0.25, 0.3) is 0 Å². The minimum Gasteiger partial charge on any atom is -0.478 e. The van der Waals surface area contributed by atoms with Gasteiger partial charge in [-0.15, -0.1) is 0 Å². The number of carboxylic acids is 2. The summed E-state index contributed by atoms with van der Waals surface area (Å²) in [7, 11) is 0. The van der Waals surface area contributed by atoms with E-state index in [2.05, 4.69) is 0 Å². The zero-order chi connectivity index (χ0) is 15.1. The predicted molar refractivity (Wildman–Crippen MR) is 71.2 cm³/mol. The van der Waals surface area contributed by atoms with E-state index in [4.69, 9.17) is 15.3 Å². The van der Waals surface area contributed by atoms with E-state index in [1.54, 1.807) is 0 Å². The maximum atomic E-state index is 11.3. The number of aliphatic hydroxyl groups excluding tert-OH is 2. The monoisotopic (exact) mass is 282 g/mol. The van der Waals surface area contributed by atoms with Crippen LogP contribution in [0.2, 0.25) is 0 Å². The second kappa shape index (κ2) is 7.62.